The fourth-order valence-corrected chi connectivity index (χ4v) is 3.88. The average Bonchev–Trinajstić information content (AvgIpc) is 2.74. The van der Waals surface area contributed by atoms with Gasteiger partial charge in [-0.25, -0.2) is 0 Å². The molecule has 2 aromatic carbocycles. The quantitative estimate of drug-likeness (QED) is 0.726. The third kappa shape index (κ3) is 5.37. The van der Waals surface area contributed by atoms with Crippen LogP contribution in [0.25, 0.3) is 0 Å². The number of amides is 2. The Morgan fingerprint density at radius 3 is 2.38 bits per heavy atom. The van der Waals surface area contributed by atoms with Crippen molar-refractivity contribution in [1.82, 2.24) is 4.90 Å². The number of rotatable bonds is 8. The molecule has 0 atom stereocenters. The fraction of sp³-hybridized carbons (Fsp3) is 0.417. The molecule has 0 fully saturated rings. The number of nitrogens with zero attached hydrogens (tertiary/aromatic N) is 2. The third-order valence-corrected chi connectivity index (χ3v) is 5.23. The fourth-order valence-electron chi connectivity index (χ4n) is 3.88. The van der Waals surface area contributed by atoms with Crippen molar-refractivity contribution >= 4 is 23.2 Å². The van der Waals surface area contributed by atoms with Crippen LogP contribution in [0.1, 0.15) is 49.0 Å². The van der Waals surface area contributed by atoms with Crippen LogP contribution < -0.4 is 10.2 Å². The maximum absolute atomic E-state index is 12.7. The van der Waals surface area contributed by atoms with Crippen LogP contribution in [-0.4, -0.2) is 42.9 Å². The highest BCUT2D eigenvalue weighted by molar-refractivity contribution is 5.97. The summed E-state index contributed by atoms with van der Waals surface area (Å²) in [6.45, 7) is 6.91. The summed E-state index contributed by atoms with van der Waals surface area (Å²) in [5.41, 5.74) is 3.84. The molecular formula is C24H31N3O2. The number of benzene rings is 2. The first kappa shape index (κ1) is 20.9. The summed E-state index contributed by atoms with van der Waals surface area (Å²) in [5.74, 6) is 0.0101. The van der Waals surface area contributed by atoms with E-state index in [1.165, 1.54) is 5.56 Å². The third-order valence-electron chi connectivity index (χ3n) is 5.23. The van der Waals surface area contributed by atoms with Crippen LogP contribution in [-0.2, 0) is 11.2 Å². The number of hydrogen-bond donors (Lipinski definition) is 1. The second-order valence-electron chi connectivity index (χ2n) is 7.57. The molecule has 2 aromatic rings. The highest BCUT2D eigenvalue weighted by Gasteiger charge is 2.19. The van der Waals surface area contributed by atoms with Gasteiger partial charge < -0.3 is 15.1 Å². The second kappa shape index (κ2) is 10.1. The Labute approximate surface area is 173 Å². The summed E-state index contributed by atoms with van der Waals surface area (Å²) < 4.78 is 0. The normalized spacial score (nSPS) is 13.0. The lowest BCUT2D eigenvalue weighted by Crippen LogP contribution is -2.36. The first-order chi connectivity index (χ1) is 14.1. The molecule has 1 aliphatic rings. The van der Waals surface area contributed by atoms with Crippen LogP contribution in [0, 0.1) is 0 Å². The lowest BCUT2D eigenvalue weighted by molar-refractivity contribution is -0.115. The molecule has 0 radical (unpaired) electrons. The summed E-state index contributed by atoms with van der Waals surface area (Å²) >= 11 is 0. The molecule has 0 aliphatic carbocycles. The molecule has 2 amide bonds. The zero-order valence-corrected chi connectivity index (χ0v) is 17.5. The molecule has 5 heteroatoms. The van der Waals surface area contributed by atoms with Crippen LogP contribution in [0.2, 0.25) is 0 Å². The van der Waals surface area contributed by atoms with E-state index >= 15 is 0 Å². The number of hydrogen-bond acceptors (Lipinski definition) is 3. The van der Waals surface area contributed by atoms with Gasteiger partial charge in [0.05, 0.1) is 6.54 Å². The Balaban J connectivity index is 1.60. The number of para-hydroxylation sites is 1. The van der Waals surface area contributed by atoms with Crippen molar-refractivity contribution in [2.75, 3.05) is 36.4 Å². The van der Waals surface area contributed by atoms with Crippen LogP contribution in [0.5, 0.6) is 0 Å². The van der Waals surface area contributed by atoms with E-state index in [0.29, 0.717) is 12.1 Å². The number of fused-ring (bicyclic) bond motifs is 1. The van der Waals surface area contributed by atoms with Crippen LogP contribution >= 0.6 is 0 Å². The Morgan fingerprint density at radius 2 is 1.69 bits per heavy atom. The van der Waals surface area contributed by atoms with Gasteiger partial charge in [-0.05, 0) is 61.6 Å². The molecule has 3 rings (SSSR count). The number of nitrogens with one attached hydrogen (secondary N) is 1. The lowest BCUT2D eigenvalue weighted by atomic mass is 10.0. The standard InChI is InChI=1S/C24H31N3O2/c1-3-15-26(16-4-2)24(29)20-11-13-21(14-12-20)25-23(28)18-27-17-7-9-19-8-5-6-10-22(19)27/h5-6,8,10-14H,3-4,7,9,15-18H2,1-2H3,(H,25,28). The number of carbonyl (C=O) groups is 2. The van der Waals surface area contributed by atoms with E-state index in [4.69, 9.17) is 0 Å². The highest BCUT2D eigenvalue weighted by atomic mass is 16.2. The molecule has 0 unspecified atom stereocenters. The minimum Gasteiger partial charge on any atom is -0.362 e. The Morgan fingerprint density at radius 1 is 1.00 bits per heavy atom. The predicted octanol–water partition coefficient (Wildman–Crippen LogP) is 4.34. The lowest BCUT2D eigenvalue weighted by Gasteiger charge is -2.30. The van der Waals surface area contributed by atoms with Crippen molar-refractivity contribution < 1.29 is 9.59 Å². The summed E-state index contributed by atoms with van der Waals surface area (Å²) in [4.78, 5) is 29.3. The maximum atomic E-state index is 12.7. The molecule has 1 aliphatic heterocycles. The molecule has 0 spiro atoms. The smallest absolute Gasteiger partial charge is 0.253 e. The van der Waals surface area contributed by atoms with Gasteiger partial charge in [0.2, 0.25) is 5.91 Å². The monoisotopic (exact) mass is 393 g/mol. The minimum atomic E-state index is -0.0422. The molecule has 0 bridgehead atoms. The van der Waals surface area contributed by atoms with Gasteiger partial charge in [0, 0.05) is 36.6 Å². The van der Waals surface area contributed by atoms with Crippen molar-refractivity contribution in [3.05, 3.63) is 59.7 Å². The molecule has 1 N–H and O–H groups in total. The zero-order chi connectivity index (χ0) is 20.6. The molecule has 0 saturated carbocycles. The first-order valence-electron chi connectivity index (χ1n) is 10.6. The average molecular weight is 394 g/mol. The van der Waals surface area contributed by atoms with Gasteiger partial charge in [-0.3, -0.25) is 9.59 Å². The van der Waals surface area contributed by atoms with Crippen molar-refractivity contribution in [2.45, 2.75) is 39.5 Å². The summed E-state index contributed by atoms with van der Waals surface area (Å²) in [6.07, 6.45) is 4.02. The topological polar surface area (TPSA) is 52.7 Å². The van der Waals surface area contributed by atoms with Crippen LogP contribution in [0.3, 0.4) is 0 Å². The van der Waals surface area contributed by atoms with Gasteiger partial charge in [0.1, 0.15) is 0 Å². The van der Waals surface area contributed by atoms with Crippen molar-refractivity contribution in [3.8, 4) is 0 Å². The second-order valence-corrected chi connectivity index (χ2v) is 7.57. The molecule has 154 valence electrons. The number of carbonyl (C=O) groups excluding carboxylic acids is 2. The zero-order valence-electron chi connectivity index (χ0n) is 17.5. The van der Waals surface area contributed by atoms with E-state index in [2.05, 4.69) is 36.2 Å². The molecule has 1 heterocycles. The highest BCUT2D eigenvalue weighted by Crippen LogP contribution is 2.26. The molecule has 5 nitrogen and oxygen atoms in total. The Bertz CT molecular complexity index is 826. The van der Waals surface area contributed by atoms with E-state index in [1.54, 1.807) is 12.1 Å². The summed E-state index contributed by atoms with van der Waals surface area (Å²) in [5, 5.41) is 2.96. The molecule has 0 aromatic heterocycles. The van der Waals surface area contributed by atoms with E-state index < -0.39 is 0 Å². The molecule has 0 saturated heterocycles. The van der Waals surface area contributed by atoms with Gasteiger partial charge in [0.15, 0.2) is 0 Å². The van der Waals surface area contributed by atoms with Gasteiger partial charge >= 0.3 is 0 Å². The SMILES string of the molecule is CCCN(CCC)C(=O)c1ccc(NC(=O)CN2CCCc3ccccc32)cc1. The van der Waals surface area contributed by atoms with E-state index in [-0.39, 0.29) is 11.8 Å². The number of aryl methyl sites for hydroxylation is 1. The maximum Gasteiger partial charge on any atom is 0.253 e. The first-order valence-corrected chi connectivity index (χ1v) is 10.6. The Hall–Kier alpha value is -2.82. The predicted molar refractivity (Wildman–Crippen MR) is 119 cm³/mol. The van der Waals surface area contributed by atoms with Gasteiger partial charge in [-0.1, -0.05) is 32.0 Å². The summed E-state index contributed by atoms with van der Waals surface area (Å²) in [6, 6.07) is 15.5. The van der Waals surface area contributed by atoms with Crippen molar-refractivity contribution in [1.29, 1.82) is 0 Å². The van der Waals surface area contributed by atoms with E-state index in [0.717, 1.165) is 56.7 Å². The Kier molecular flexibility index (Phi) is 7.28. The minimum absolute atomic E-state index is 0.0422. The molecule has 29 heavy (non-hydrogen) atoms. The largest absolute Gasteiger partial charge is 0.362 e. The van der Waals surface area contributed by atoms with E-state index in [9.17, 15) is 9.59 Å². The van der Waals surface area contributed by atoms with Gasteiger partial charge in [0.25, 0.3) is 5.91 Å². The summed E-state index contributed by atoms with van der Waals surface area (Å²) in [7, 11) is 0. The van der Waals surface area contributed by atoms with Crippen molar-refractivity contribution in [2.24, 2.45) is 0 Å². The van der Waals surface area contributed by atoms with Gasteiger partial charge in [-0.2, -0.15) is 0 Å². The molecular weight excluding hydrogens is 362 g/mol. The van der Waals surface area contributed by atoms with Crippen LogP contribution in [0.4, 0.5) is 11.4 Å². The number of anilines is 2. The van der Waals surface area contributed by atoms with E-state index in [1.807, 2.05) is 29.2 Å². The van der Waals surface area contributed by atoms with Crippen LogP contribution in [0.15, 0.2) is 48.5 Å². The van der Waals surface area contributed by atoms with Gasteiger partial charge in [-0.15, -0.1) is 0 Å². The van der Waals surface area contributed by atoms with Crippen molar-refractivity contribution in [3.63, 3.8) is 0 Å².